The lowest BCUT2D eigenvalue weighted by Crippen LogP contribution is -2.27. The molecule has 5 aromatic carbocycles. The van der Waals surface area contributed by atoms with Gasteiger partial charge in [-0.2, -0.15) is 0 Å². The summed E-state index contributed by atoms with van der Waals surface area (Å²) in [6.07, 6.45) is 6.68. The fourth-order valence-corrected chi connectivity index (χ4v) is 8.43. The second-order valence-corrected chi connectivity index (χ2v) is 18.6. The van der Waals surface area contributed by atoms with E-state index in [0.29, 0.717) is 32.5 Å². The maximum Gasteiger partial charge on any atom is 0.335 e. The van der Waals surface area contributed by atoms with Crippen LogP contribution < -0.4 is 26.6 Å². The van der Waals surface area contributed by atoms with Gasteiger partial charge in [-0.05, 0) is 134 Å². The number of nitrogens with one attached hydrogen (secondary N) is 5. The molecule has 14 nitrogen and oxygen atoms in total. The summed E-state index contributed by atoms with van der Waals surface area (Å²) < 4.78 is 29.7. The van der Waals surface area contributed by atoms with Crippen LogP contribution in [0.3, 0.4) is 0 Å². The fraction of sp³-hybridized carbons (Fsp3) is 0.192. The van der Waals surface area contributed by atoms with E-state index in [0.717, 1.165) is 37.3 Å². The zero-order valence-corrected chi connectivity index (χ0v) is 39.5. The van der Waals surface area contributed by atoms with Gasteiger partial charge in [-0.15, -0.1) is 22.7 Å². The van der Waals surface area contributed by atoms with Crippen LogP contribution in [0.25, 0.3) is 22.3 Å². The molecule has 2 fully saturated rings. The normalized spacial score (nSPS) is 13.2. The molecule has 5 amide bonds. The Morgan fingerprint density at radius 3 is 1.46 bits per heavy atom. The van der Waals surface area contributed by atoms with Crippen LogP contribution in [0.5, 0.6) is 0 Å². The lowest BCUT2D eigenvalue weighted by molar-refractivity contribution is 0.0695. The first-order chi connectivity index (χ1) is 33.6. The van der Waals surface area contributed by atoms with Gasteiger partial charge in [0, 0.05) is 63.1 Å². The zero-order chi connectivity index (χ0) is 49.6. The molecular formula is C52H45F2N7O7S2. The van der Waals surface area contributed by atoms with E-state index >= 15 is 4.39 Å². The van der Waals surface area contributed by atoms with Crippen LogP contribution in [0, 0.1) is 25.5 Å². The van der Waals surface area contributed by atoms with Gasteiger partial charge in [-0.3, -0.25) is 34.6 Å². The van der Waals surface area contributed by atoms with Gasteiger partial charge in [0.25, 0.3) is 29.5 Å². The average Bonchev–Trinajstić information content (AvgIpc) is 4.24. The molecule has 70 heavy (non-hydrogen) atoms. The molecule has 356 valence electrons. The lowest BCUT2D eigenvalue weighted by Gasteiger charge is -2.17. The molecule has 9 rings (SSSR count). The number of carbonyl (C=O) groups excluding carboxylic acids is 5. The highest BCUT2D eigenvalue weighted by Gasteiger charge is 2.28. The van der Waals surface area contributed by atoms with Gasteiger partial charge in [-0.1, -0.05) is 42.5 Å². The highest BCUT2D eigenvalue weighted by molar-refractivity contribution is 7.14. The molecule has 1 atom stereocenters. The molecule has 0 saturated heterocycles. The molecule has 0 bridgehead atoms. The SMILES string of the molecule is Cc1c(F)cc(C(=O)NC2CC2)cc1-c1ccc(C(=O)N[C@H](C)c2ccccc2)cc1C(=O)Nc1nccs1.Cc1c(F)cc(C(=O)NC2CC2)cc1-c1ccc(C(=O)O)cc1C(=O)Nc1nccs1. The smallest absolute Gasteiger partial charge is 0.335 e. The third-order valence-corrected chi connectivity index (χ3v) is 13.0. The van der Waals surface area contributed by atoms with Crippen molar-refractivity contribution in [3.63, 3.8) is 0 Å². The molecule has 0 unspecified atom stereocenters. The molecule has 2 aliphatic carbocycles. The number of hydrogen-bond acceptors (Lipinski definition) is 10. The van der Waals surface area contributed by atoms with E-state index in [9.17, 15) is 38.3 Å². The predicted octanol–water partition coefficient (Wildman–Crippen LogP) is 9.99. The van der Waals surface area contributed by atoms with Gasteiger partial charge < -0.3 is 21.1 Å². The first kappa shape index (κ1) is 48.5. The second-order valence-electron chi connectivity index (χ2n) is 16.8. The molecule has 7 aromatic rings. The monoisotopic (exact) mass is 981 g/mol. The molecule has 0 radical (unpaired) electrons. The molecule has 0 aliphatic heterocycles. The molecule has 18 heteroatoms. The summed E-state index contributed by atoms with van der Waals surface area (Å²) in [7, 11) is 0. The number of hydrogen-bond donors (Lipinski definition) is 6. The Balaban J connectivity index is 0.000000193. The molecule has 6 N–H and O–H groups in total. The summed E-state index contributed by atoms with van der Waals surface area (Å²) in [4.78, 5) is 84.3. The van der Waals surface area contributed by atoms with Gasteiger partial charge in [0.2, 0.25) is 0 Å². The summed E-state index contributed by atoms with van der Waals surface area (Å²) in [5.74, 6) is -4.54. The van der Waals surface area contributed by atoms with Crippen molar-refractivity contribution in [2.24, 2.45) is 0 Å². The summed E-state index contributed by atoms with van der Waals surface area (Å²) in [6, 6.07) is 23.7. The number of halogens is 2. The standard InChI is InChI=1S/C30H27FN4O3S.C22H18FN3O4S/c1-17-24(15-21(16-26(17)31)28(37)34-22-9-10-22)23-11-8-20(14-25(23)29(38)35-30-32-12-13-39-30)27(36)33-18(2)19-6-4-3-5-7-19;1-11-16(9-13(10-18(11)23)19(27)25-14-3-4-14)15-5-2-12(21(29)30)8-17(15)20(28)26-22-24-6-7-31-22/h3-8,11-16,18,22H,9-10H2,1-2H3,(H,33,36)(H,34,37)(H,32,35,38);2,5-10,14H,3-4H2,1H3,(H,25,27)(H,29,30)(H,24,26,28)/t18-;/m1./s1. The maximum absolute atomic E-state index is 15.0. The number of amides is 5. The van der Waals surface area contributed by atoms with Crippen LogP contribution in [0.15, 0.2) is 114 Å². The van der Waals surface area contributed by atoms with Crippen LogP contribution in [0.2, 0.25) is 0 Å². The van der Waals surface area contributed by atoms with Crippen molar-refractivity contribution in [1.82, 2.24) is 25.9 Å². The van der Waals surface area contributed by atoms with Crippen LogP contribution in [-0.4, -0.2) is 62.7 Å². The van der Waals surface area contributed by atoms with Gasteiger partial charge in [-0.25, -0.2) is 23.5 Å². The molecule has 2 saturated carbocycles. The molecular weight excluding hydrogens is 937 g/mol. The van der Waals surface area contributed by atoms with E-state index < -0.39 is 35.3 Å². The van der Waals surface area contributed by atoms with E-state index in [1.54, 1.807) is 49.0 Å². The van der Waals surface area contributed by atoms with Crippen molar-refractivity contribution < 1.29 is 42.7 Å². The summed E-state index contributed by atoms with van der Waals surface area (Å²) in [5, 5.41) is 27.5. The third kappa shape index (κ3) is 11.6. The van der Waals surface area contributed by atoms with E-state index in [-0.39, 0.29) is 74.4 Å². The molecule has 2 aromatic heterocycles. The zero-order valence-electron chi connectivity index (χ0n) is 37.9. The van der Waals surface area contributed by atoms with Crippen molar-refractivity contribution in [2.45, 2.75) is 64.6 Å². The number of carboxylic acid groups (broad SMARTS) is 1. The number of thiazole rings is 2. The second kappa shape index (κ2) is 21.1. The van der Waals surface area contributed by atoms with Crippen molar-refractivity contribution in [3.05, 3.63) is 176 Å². The Labute approximate surface area is 408 Å². The number of aromatic carboxylic acids is 1. The number of nitrogens with zero attached hydrogens (tertiary/aromatic N) is 2. The minimum Gasteiger partial charge on any atom is -0.478 e. The van der Waals surface area contributed by atoms with Crippen molar-refractivity contribution in [2.75, 3.05) is 10.6 Å². The van der Waals surface area contributed by atoms with Gasteiger partial charge in [0.1, 0.15) is 11.6 Å². The first-order valence-electron chi connectivity index (χ1n) is 22.1. The van der Waals surface area contributed by atoms with Gasteiger partial charge >= 0.3 is 5.97 Å². The van der Waals surface area contributed by atoms with Crippen LogP contribution in [0.4, 0.5) is 19.0 Å². The van der Waals surface area contributed by atoms with E-state index in [1.165, 1.54) is 65.3 Å². The predicted molar refractivity (Wildman–Crippen MR) is 264 cm³/mol. The Morgan fingerprint density at radius 1 is 0.571 bits per heavy atom. The van der Waals surface area contributed by atoms with E-state index in [4.69, 9.17) is 0 Å². The number of carboxylic acids is 1. The summed E-state index contributed by atoms with van der Waals surface area (Å²) in [5.41, 5.74) is 3.61. The van der Waals surface area contributed by atoms with Gasteiger partial charge in [0.15, 0.2) is 10.3 Å². The first-order valence-corrected chi connectivity index (χ1v) is 23.9. The Kier molecular flexibility index (Phi) is 14.6. The highest BCUT2D eigenvalue weighted by atomic mass is 32.1. The van der Waals surface area contributed by atoms with Crippen molar-refractivity contribution >= 4 is 68.4 Å². The number of rotatable bonds is 14. The van der Waals surface area contributed by atoms with E-state index in [1.807, 2.05) is 37.3 Å². The minimum atomic E-state index is -1.20. The lowest BCUT2D eigenvalue weighted by atomic mass is 9.91. The highest BCUT2D eigenvalue weighted by Crippen LogP contribution is 2.34. The maximum atomic E-state index is 15.0. The molecule has 0 spiro atoms. The van der Waals surface area contributed by atoms with Crippen molar-refractivity contribution in [1.29, 1.82) is 0 Å². The quantitative estimate of drug-likeness (QED) is 0.0612. The minimum absolute atomic E-state index is 0.0392. The third-order valence-electron chi connectivity index (χ3n) is 11.6. The van der Waals surface area contributed by atoms with Gasteiger partial charge in [0.05, 0.1) is 11.6 Å². The molecule has 2 aliphatic rings. The summed E-state index contributed by atoms with van der Waals surface area (Å²) in [6.45, 7) is 5.01. The average molecular weight is 982 g/mol. The van der Waals surface area contributed by atoms with Crippen LogP contribution in [-0.2, 0) is 0 Å². The van der Waals surface area contributed by atoms with Crippen LogP contribution >= 0.6 is 22.7 Å². The fourth-order valence-electron chi connectivity index (χ4n) is 7.38. The Hall–Kier alpha value is -7.96. The number of aromatic nitrogens is 2. The van der Waals surface area contributed by atoms with Crippen molar-refractivity contribution in [3.8, 4) is 22.3 Å². The summed E-state index contributed by atoms with van der Waals surface area (Å²) >= 11 is 2.46. The van der Waals surface area contributed by atoms with Crippen LogP contribution in [0.1, 0.15) is 117 Å². The van der Waals surface area contributed by atoms with E-state index in [2.05, 4.69) is 36.6 Å². The Bertz CT molecular complexity index is 3140. The largest absolute Gasteiger partial charge is 0.478 e. The topological polar surface area (TPSA) is 209 Å². The number of benzene rings is 5. The Morgan fingerprint density at radius 2 is 1.03 bits per heavy atom. The number of anilines is 2. The molecule has 2 heterocycles. The number of carbonyl (C=O) groups is 6.